The number of nitrogens with zero attached hydrogens (tertiary/aromatic N) is 3. The van der Waals surface area contributed by atoms with Gasteiger partial charge in [0.1, 0.15) is 5.70 Å². The fourth-order valence-electron chi connectivity index (χ4n) is 5.11. The van der Waals surface area contributed by atoms with Gasteiger partial charge in [0, 0.05) is 41.1 Å². The first-order valence-electron chi connectivity index (χ1n) is 11.1. The molecule has 1 aromatic rings. The number of carbonyl (C=O) groups is 2. The van der Waals surface area contributed by atoms with Crippen molar-refractivity contribution in [2.24, 2.45) is 11.8 Å². The number of carbonyl (C=O) groups excluding carboxylic acids is 1. The summed E-state index contributed by atoms with van der Waals surface area (Å²) in [5.74, 6) is -1.90. The topological polar surface area (TPSA) is 94.0 Å². The number of likely N-dealkylation sites (tertiary alicyclic amines) is 1. The van der Waals surface area contributed by atoms with E-state index in [1.165, 1.54) is 10.5 Å². The number of aryl methyl sites for hydroxylation is 1. The van der Waals surface area contributed by atoms with Crippen molar-refractivity contribution < 1.29 is 19.8 Å². The molecule has 0 aliphatic carbocycles. The quantitative estimate of drug-likeness (QED) is 0.594. The van der Waals surface area contributed by atoms with E-state index >= 15 is 0 Å². The van der Waals surface area contributed by atoms with Crippen LogP contribution in [-0.2, 0) is 22.6 Å². The summed E-state index contributed by atoms with van der Waals surface area (Å²) in [6.07, 6.45) is 4.26. The number of amides is 1. The number of aromatic nitrogens is 1. The average Bonchev–Trinajstić information content (AvgIpc) is 3.25. The van der Waals surface area contributed by atoms with Crippen LogP contribution in [0.4, 0.5) is 0 Å². The van der Waals surface area contributed by atoms with Gasteiger partial charge in [-0.1, -0.05) is 26.3 Å². The normalized spacial score (nSPS) is 29.3. The highest BCUT2D eigenvalue weighted by molar-refractivity contribution is 8.03. The van der Waals surface area contributed by atoms with Crippen LogP contribution in [0.25, 0.3) is 0 Å². The molecule has 1 amide bonds. The van der Waals surface area contributed by atoms with Crippen molar-refractivity contribution in [3.8, 4) is 0 Å². The Labute approximate surface area is 187 Å². The minimum atomic E-state index is -1.05. The minimum Gasteiger partial charge on any atom is -0.477 e. The summed E-state index contributed by atoms with van der Waals surface area (Å²) in [5.41, 5.74) is 2.44. The average molecular weight is 446 g/mol. The number of pyridine rings is 1. The summed E-state index contributed by atoms with van der Waals surface area (Å²) in [5, 5.41) is 20.1. The van der Waals surface area contributed by atoms with Crippen LogP contribution in [0.5, 0.6) is 0 Å². The fourth-order valence-corrected chi connectivity index (χ4v) is 6.63. The summed E-state index contributed by atoms with van der Waals surface area (Å²) in [7, 11) is 0. The number of hydrogen-bond acceptors (Lipinski definition) is 6. The molecule has 1 aromatic heterocycles. The number of fused-ring (bicyclic) bond motifs is 1. The zero-order chi connectivity index (χ0) is 22.3. The number of carboxylic acids is 1. The van der Waals surface area contributed by atoms with Crippen LogP contribution >= 0.6 is 11.8 Å². The lowest BCUT2D eigenvalue weighted by Crippen LogP contribution is -2.63. The molecule has 4 heterocycles. The van der Waals surface area contributed by atoms with E-state index in [2.05, 4.69) is 28.9 Å². The fraction of sp³-hybridized carbons (Fsp3) is 0.609. The van der Waals surface area contributed by atoms with Gasteiger partial charge in [-0.25, -0.2) is 4.79 Å². The molecule has 2 fully saturated rings. The van der Waals surface area contributed by atoms with Crippen LogP contribution < -0.4 is 0 Å². The van der Waals surface area contributed by atoms with Gasteiger partial charge in [0.05, 0.1) is 18.1 Å². The third kappa shape index (κ3) is 4.13. The smallest absolute Gasteiger partial charge is 0.353 e. The van der Waals surface area contributed by atoms with Crippen LogP contribution in [0.2, 0.25) is 0 Å². The van der Waals surface area contributed by atoms with Crippen LogP contribution in [0, 0.1) is 11.8 Å². The van der Waals surface area contributed by atoms with Gasteiger partial charge in [0.2, 0.25) is 5.91 Å². The first-order chi connectivity index (χ1) is 14.8. The summed E-state index contributed by atoms with van der Waals surface area (Å²) < 4.78 is 0. The van der Waals surface area contributed by atoms with Gasteiger partial charge in [-0.2, -0.15) is 0 Å². The molecule has 3 aliphatic rings. The molecule has 0 aromatic carbocycles. The van der Waals surface area contributed by atoms with E-state index in [4.69, 9.17) is 0 Å². The second-order valence-corrected chi connectivity index (χ2v) is 10.3. The molecule has 8 heteroatoms. The van der Waals surface area contributed by atoms with Gasteiger partial charge in [0.15, 0.2) is 0 Å². The molecule has 31 heavy (non-hydrogen) atoms. The number of rotatable bonds is 8. The molecular weight excluding hydrogens is 414 g/mol. The lowest BCUT2D eigenvalue weighted by molar-refractivity contribution is -0.163. The van der Waals surface area contributed by atoms with Gasteiger partial charge in [-0.05, 0) is 37.9 Å². The highest BCUT2D eigenvalue weighted by atomic mass is 32.2. The van der Waals surface area contributed by atoms with Gasteiger partial charge in [-0.15, -0.1) is 11.8 Å². The Morgan fingerprint density at radius 2 is 2.16 bits per heavy atom. The van der Waals surface area contributed by atoms with E-state index < -0.39 is 18.0 Å². The van der Waals surface area contributed by atoms with Gasteiger partial charge >= 0.3 is 5.97 Å². The molecule has 3 aliphatic heterocycles. The van der Waals surface area contributed by atoms with Gasteiger partial charge in [0.25, 0.3) is 0 Å². The molecule has 5 atom stereocenters. The molecule has 0 saturated carbocycles. The van der Waals surface area contributed by atoms with E-state index in [0.29, 0.717) is 0 Å². The van der Waals surface area contributed by atoms with Crippen LogP contribution in [0.3, 0.4) is 0 Å². The van der Waals surface area contributed by atoms with Crippen molar-refractivity contribution in [2.75, 3.05) is 13.1 Å². The summed E-state index contributed by atoms with van der Waals surface area (Å²) in [4.78, 5) is 33.6. The maximum absolute atomic E-state index is 12.5. The molecule has 168 valence electrons. The Hall–Kier alpha value is -1.90. The van der Waals surface area contributed by atoms with E-state index in [9.17, 15) is 19.8 Å². The SMILES string of the molecule is CCCc1ccc(CN2CC[C@@H](SC3=C(C(=O)O)N4C(=O)[C@H]([C@@H](C)O)[C@H]4[C@H]3C)C2)cn1. The first-order valence-corrected chi connectivity index (χ1v) is 12.0. The molecule has 0 spiro atoms. The van der Waals surface area contributed by atoms with Crippen LogP contribution in [-0.4, -0.2) is 67.4 Å². The molecule has 2 N–H and O–H groups in total. The number of hydrogen-bond donors (Lipinski definition) is 2. The number of aliphatic hydroxyl groups excluding tert-OH is 1. The predicted octanol–water partition coefficient (Wildman–Crippen LogP) is 2.50. The molecule has 0 radical (unpaired) electrons. The summed E-state index contributed by atoms with van der Waals surface area (Å²) in [6.45, 7) is 8.42. The van der Waals surface area contributed by atoms with Gasteiger partial charge < -0.3 is 15.1 Å². The van der Waals surface area contributed by atoms with Crippen molar-refractivity contribution in [3.63, 3.8) is 0 Å². The number of thioether (sulfide) groups is 1. The van der Waals surface area contributed by atoms with Crippen molar-refractivity contribution in [1.29, 1.82) is 0 Å². The largest absolute Gasteiger partial charge is 0.477 e. The third-order valence-corrected chi connectivity index (χ3v) is 8.17. The highest BCUT2D eigenvalue weighted by Crippen LogP contribution is 2.51. The second-order valence-electron chi connectivity index (χ2n) is 8.94. The lowest BCUT2D eigenvalue weighted by Gasteiger charge is -2.46. The zero-order valence-corrected chi connectivity index (χ0v) is 19.1. The number of carboxylic acid groups (broad SMARTS) is 1. The third-order valence-electron chi connectivity index (χ3n) is 6.63. The highest BCUT2D eigenvalue weighted by Gasteiger charge is 2.60. The van der Waals surface area contributed by atoms with Crippen molar-refractivity contribution >= 4 is 23.6 Å². The molecule has 2 saturated heterocycles. The molecule has 0 bridgehead atoms. The van der Waals surface area contributed by atoms with Crippen LogP contribution in [0.1, 0.15) is 44.9 Å². The maximum atomic E-state index is 12.5. The predicted molar refractivity (Wildman–Crippen MR) is 119 cm³/mol. The van der Waals surface area contributed by atoms with Crippen molar-refractivity contribution in [3.05, 3.63) is 40.2 Å². The molecular formula is C23H31N3O4S. The second kappa shape index (κ2) is 8.92. The van der Waals surface area contributed by atoms with E-state index in [0.717, 1.165) is 49.5 Å². The van der Waals surface area contributed by atoms with Crippen molar-refractivity contribution in [1.82, 2.24) is 14.8 Å². The standard InChI is InChI=1S/C23H31N3O4S/c1-4-5-16-7-6-15(10-24-16)11-25-9-8-17(12-25)31-21-13(2)19-18(14(3)27)22(28)26(19)20(21)23(29)30/h6-7,10,13-14,17-19,27H,4-5,8-9,11-12H2,1-3H3,(H,29,30)/t13-,14-,17-,18-,19-/m1/s1. The summed E-state index contributed by atoms with van der Waals surface area (Å²) in [6, 6.07) is 4.01. The summed E-state index contributed by atoms with van der Waals surface area (Å²) >= 11 is 1.61. The van der Waals surface area contributed by atoms with Gasteiger partial charge in [-0.3, -0.25) is 14.7 Å². The Morgan fingerprint density at radius 1 is 1.39 bits per heavy atom. The Balaban J connectivity index is 1.41. The number of aliphatic hydroxyl groups is 1. The Morgan fingerprint density at radius 3 is 2.77 bits per heavy atom. The molecule has 7 nitrogen and oxygen atoms in total. The first kappa shape index (κ1) is 22.3. The monoisotopic (exact) mass is 445 g/mol. The van der Waals surface area contributed by atoms with Crippen molar-refractivity contribution in [2.45, 2.75) is 64.0 Å². The number of β-lactam (4-membered cyclic amide) rings is 1. The zero-order valence-electron chi connectivity index (χ0n) is 18.3. The number of aliphatic carboxylic acids is 1. The Kier molecular flexibility index (Phi) is 6.42. The molecule has 4 rings (SSSR count). The Bertz CT molecular complexity index is 885. The van der Waals surface area contributed by atoms with E-state index in [1.54, 1.807) is 18.7 Å². The van der Waals surface area contributed by atoms with Crippen LogP contribution in [0.15, 0.2) is 28.9 Å². The van der Waals surface area contributed by atoms with E-state index in [-0.39, 0.29) is 28.8 Å². The maximum Gasteiger partial charge on any atom is 0.353 e. The van der Waals surface area contributed by atoms with E-state index in [1.807, 2.05) is 13.1 Å². The minimum absolute atomic E-state index is 0.0715. The lowest BCUT2D eigenvalue weighted by atomic mass is 9.79. The molecule has 0 unspecified atom stereocenters.